The number of alkyl halides is 1. The first kappa shape index (κ1) is 5.07. The lowest BCUT2D eigenvalue weighted by atomic mass is 10.0. The molecular formula is C6H10ClN. The van der Waals surface area contributed by atoms with Crippen LogP contribution < -0.4 is 0 Å². The van der Waals surface area contributed by atoms with Gasteiger partial charge in [0.15, 0.2) is 0 Å². The van der Waals surface area contributed by atoms with Crippen LogP contribution in [0.15, 0.2) is 0 Å². The zero-order valence-electron chi connectivity index (χ0n) is 4.81. The van der Waals surface area contributed by atoms with Gasteiger partial charge in [-0.25, -0.2) is 0 Å². The molecule has 0 aromatic carbocycles. The van der Waals surface area contributed by atoms with E-state index in [1.54, 1.807) is 0 Å². The van der Waals surface area contributed by atoms with Gasteiger partial charge in [0.05, 0.1) is 5.38 Å². The number of hydrogen-bond acceptors (Lipinski definition) is 1. The van der Waals surface area contributed by atoms with Gasteiger partial charge in [-0.3, -0.25) is 4.90 Å². The summed E-state index contributed by atoms with van der Waals surface area (Å²) in [5, 5.41) is 0.484. The first-order valence-corrected chi connectivity index (χ1v) is 3.70. The summed E-state index contributed by atoms with van der Waals surface area (Å²) in [5.74, 6) is 0. The highest BCUT2D eigenvalue weighted by molar-refractivity contribution is 6.21. The molecule has 2 fully saturated rings. The van der Waals surface area contributed by atoms with Crippen LogP contribution in [0.25, 0.3) is 0 Å². The topological polar surface area (TPSA) is 3.24 Å². The highest BCUT2D eigenvalue weighted by Gasteiger charge is 2.40. The Kier molecular flexibility index (Phi) is 1.02. The second kappa shape index (κ2) is 1.61. The Balaban J connectivity index is 2.02. The Hall–Kier alpha value is 0.250. The molecule has 2 aliphatic heterocycles. The van der Waals surface area contributed by atoms with Gasteiger partial charge in [0.2, 0.25) is 0 Å². The normalized spacial score (nSPS) is 46.1. The predicted octanol–water partition coefficient (Wildman–Crippen LogP) is 1.07. The molecule has 0 aromatic rings. The summed E-state index contributed by atoms with van der Waals surface area (Å²) in [7, 11) is 0. The average Bonchev–Trinajstić information content (AvgIpc) is 2.09. The van der Waals surface area contributed by atoms with E-state index < -0.39 is 0 Å². The largest absolute Gasteiger partial charge is 0.297 e. The van der Waals surface area contributed by atoms with E-state index in [0.29, 0.717) is 5.38 Å². The summed E-state index contributed by atoms with van der Waals surface area (Å²) in [6.45, 7) is 2.44. The molecule has 0 saturated carbocycles. The first-order valence-electron chi connectivity index (χ1n) is 3.26. The van der Waals surface area contributed by atoms with Crippen molar-refractivity contribution in [2.24, 2.45) is 0 Å². The maximum Gasteiger partial charge on any atom is 0.0618 e. The predicted molar refractivity (Wildman–Crippen MR) is 34.2 cm³/mol. The van der Waals surface area contributed by atoms with Gasteiger partial charge in [-0.05, 0) is 19.4 Å². The molecule has 0 bridgehead atoms. The van der Waals surface area contributed by atoms with E-state index in [1.807, 2.05) is 0 Å². The number of rotatable bonds is 0. The van der Waals surface area contributed by atoms with E-state index in [9.17, 15) is 0 Å². The maximum absolute atomic E-state index is 5.91. The number of nitrogens with zero attached hydrogens (tertiary/aromatic N) is 1. The van der Waals surface area contributed by atoms with Gasteiger partial charge in [0.1, 0.15) is 0 Å². The lowest BCUT2D eigenvalue weighted by Gasteiger charge is -2.39. The van der Waals surface area contributed by atoms with Crippen LogP contribution in [0.2, 0.25) is 0 Å². The molecule has 0 spiro atoms. The van der Waals surface area contributed by atoms with Crippen molar-refractivity contribution in [2.45, 2.75) is 24.3 Å². The third kappa shape index (κ3) is 0.517. The van der Waals surface area contributed by atoms with Crippen LogP contribution in [0.3, 0.4) is 0 Å². The number of halogens is 1. The minimum Gasteiger partial charge on any atom is -0.297 e. The van der Waals surface area contributed by atoms with E-state index in [-0.39, 0.29) is 0 Å². The Labute approximate surface area is 54.6 Å². The van der Waals surface area contributed by atoms with Gasteiger partial charge in [0.25, 0.3) is 0 Å². The molecule has 2 atom stereocenters. The second-order valence-corrected chi connectivity index (χ2v) is 3.28. The lowest BCUT2D eigenvalue weighted by Crippen LogP contribution is -2.53. The summed E-state index contributed by atoms with van der Waals surface area (Å²) in [6, 6.07) is 0.761. The van der Waals surface area contributed by atoms with Crippen molar-refractivity contribution in [3.8, 4) is 0 Å². The molecule has 0 aliphatic carbocycles. The van der Waals surface area contributed by atoms with Crippen molar-refractivity contribution >= 4 is 11.6 Å². The molecule has 2 heterocycles. The highest BCUT2D eigenvalue weighted by atomic mass is 35.5. The smallest absolute Gasteiger partial charge is 0.0618 e. The van der Waals surface area contributed by atoms with E-state index in [4.69, 9.17) is 11.6 Å². The average molecular weight is 132 g/mol. The zero-order chi connectivity index (χ0) is 5.56. The third-order valence-electron chi connectivity index (χ3n) is 2.24. The third-order valence-corrected chi connectivity index (χ3v) is 2.67. The molecule has 0 radical (unpaired) electrons. The van der Waals surface area contributed by atoms with Crippen LogP contribution in [-0.2, 0) is 0 Å². The van der Waals surface area contributed by atoms with E-state index in [0.717, 1.165) is 12.6 Å². The van der Waals surface area contributed by atoms with Crippen molar-refractivity contribution in [1.82, 2.24) is 4.90 Å². The van der Waals surface area contributed by atoms with Crippen LogP contribution in [0.4, 0.5) is 0 Å². The van der Waals surface area contributed by atoms with Crippen LogP contribution in [0.1, 0.15) is 12.8 Å². The minimum atomic E-state index is 0.484. The monoisotopic (exact) mass is 131 g/mol. The molecular weight excluding hydrogens is 122 g/mol. The van der Waals surface area contributed by atoms with Crippen LogP contribution in [0, 0.1) is 0 Å². The summed E-state index contributed by atoms with van der Waals surface area (Å²) in [4.78, 5) is 2.47. The molecule has 0 N–H and O–H groups in total. The standard InChI is InChI=1S/C6H10ClN/c7-5-4-8-3-1-2-6(5)8/h5-6H,1-4H2. The Morgan fingerprint density at radius 3 is 2.88 bits per heavy atom. The fraction of sp³-hybridized carbons (Fsp3) is 1.00. The van der Waals surface area contributed by atoms with Gasteiger partial charge in [0, 0.05) is 12.6 Å². The summed E-state index contributed by atoms with van der Waals surface area (Å²) in [5.41, 5.74) is 0. The van der Waals surface area contributed by atoms with Gasteiger partial charge in [-0.1, -0.05) is 0 Å². The Morgan fingerprint density at radius 2 is 2.38 bits per heavy atom. The lowest BCUT2D eigenvalue weighted by molar-refractivity contribution is 0.147. The molecule has 46 valence electrons. The zero-order valence-corrected chi connectivity index (χ0v) is 5.56. The van der Waals surface area contributed by atoms with Crippen LogP contribution in [0.5, 0.6) is 0 Å². The Bertz CT molecular complexity index is 105. The van der Waals surface area contributed by atoms with Gasteiger partial charge in [-0.2, -0.15) is 0 Å². The van der Waals surface area contributed by atoms with E-state index in [2.05, 4.69) is 4.90 Å². The molecule has 2 rings (SSSR count). The number of hydrogen-bond donors (Lipinski definition) is 0. The fourth-order valence-electron chi connectivity index (χ4n) is 1.70. The van der Waals surface area contributed by atoms with Gasteiger partial charge in [-0.15, -0.1) is 11.6 Å². The molecule has 2 heteroatoms. The van der Waals surface area contributed by atoms with Crippen molar-refractivity contribution in [1.29, 1.82) is 0 Å². The minimum absolute atomic E-state index is 0.484. The molecule has 0 amide bonds. The molecule has 2 unspecified atom stereocenters. The SMILES string of the molecule is ClC1CN2CCCC12. The van der Waals surface area contributed by atoms with Crippen LogP contribution in [-0.4, -0.2) is 29.4 Å². The fourth-order valence-corrected chi connectivity index (χ4v) is 2.16. The molecule has 1 nitrogen and oxygen atoms in total. The first-order chi connectivity index (χ1) is 3.88. The molecule has 2 aliphatic rings. The Morgan fingerprint density at radius 1 is 1.50 bits per heavy atom. The maximum atomic E-state index is 5.91. The van der Waals surface area contributed by atoms with Crippen molar-refractivity contribution in [3.63, 3.8) is 0 Å². The van der Waals surface area contributed by atoms with E-state index in [1.165, 1.54) is 19.4 Å². The van der Waals surface area contributed by atoms with Crippen molar-refractivity contribution < 1.29 is 0 Å². The highest BCUT2D eigenvalue weighted by Crippen LogP contribution is 2.32. The summed E-state index contributed by atoms with van der Waals surface area (Å²) >= 11 is 5.91. The number of fused-ring (bicyclic) bond motifs is 1. The van der Waals surface area contributed by atoms with Crippen molar-refractivity contribution in [2.75, 3.05) is 13.1 Å². The summed E-state index contributed by atoms with van der Waals surface area (Å²) < 4.78 is 0. The van der Waals surface area contributed by atoms with Gasteiger partial charge >= 0.3 is 0 Å². The van der Waals surface area contributed by atoms with Crippen LogP contribution >= 0.6 is 11.6 Å². The molecule has 2 saturated heterocycles. The van der Waals surface area contributed by atoms with Gasteiger partial charge < -0.3 is 0 Å². The molecule has 0 aromatic heterocycles. The van der Waals surface area contributed by atoms with Crippen molar-refractivity contribution in [3.05, 3.63) is 0 Å². The van der Waals surface area contributed by atoms with E-state index >= 15 is 0 Å². The summed E-state index contributed by atoms with van der Waals surface area (Å²) in [6.07, 6.45) is 2.71. The second-order valence-electron chi connectivity index (χ2n) is 2.72. The molecule has 8 heavy (non-hydrogen) atoms. The quantitative estimate of drug-likeness (QED) is 0.445.